The maximum atomic E-state index is 12.4. The van der Waals surface area contributed by atoms with Crippen LogP contribution in [0.3, 0.4) is 0 Å². The Morgan fingerprint density at radius 2 is 2.18 bits per heavy atom. The highest BCUT2D eigenvalue weighted by molar-refractivity contribution is 5.79. The van der Waals surface area contributed by atoms with Crippen LogP contribution >= 0.6 is 0 Å². The van der Waals surface area contributed by atoms with E-state index >= 15 is 0 Å². The number of aryl methyl sites for hydroxylation is 1. The zero-order valence-electron chi connectivity index (χ0n) is 16.2. The number of piperidine rings is 1. The number of carbonyl (C=O) groups is 1. The highest BCUT2D eigenvalue weighted by Gasteiger charge is 2.26. The first-order valence-corrected chi connectivity index (χ1v) is 9.61. The van der Waals surface area contributed by atoms with Crippen LogP contribution in [0.4, 0.5) is 11.5 Å². The van der Waals surface area contributed by atoms with Crippen LogP contribution in [-0.4, -0.2) is 40.4 Å². The number of aromatic nitrogens is 2. The van der Waals surface area contributed by atoms with Gasteiger partial charge in [0.15, 0.2) is 5.82 Å². The van der Waals surface area contributed by atoms with Crippen molar-refractivity contribution in [2.75, 3.05) is 24.5 Å². The predicted octanol–water partition coefficient (Wildman–Crippen LogP) is 3.10. The molecule has 1 aromatic carbocycles. The summed E-state index contributed by atoms with van der Waals surface area (Å²) < 4.78 is 0. The van der Waals surface area contributed by atoms with E-state index in [0.717, 1.165) is 37.3 Å². The van der Waals surface area contributed by atoms with Gasteiger partial charge in [0.25, 0.3) is 5.69 Å². The zero-order chi connectivity index (χ0) is 20.1. The van der Waals surface area contributed by atoms with Gasteiger partial charge in [0.05, 0.1) is 10.8 Å². The van der Waals surface area contributed by atoms with Gasteiger partial charge in [-0.1, -0.05) is 19.1 Å². The first-order valence-electron chi connectivity index (χ1n) is 9.61. The standard InChI is InChI=1S/C20H25N5O3/c1-3-9-21-20(26)16-7-5-10-24(13-16)18-11-14(2)22-19(23-18)15-6-4-8-17(12-15)25(27)28/h4,6,8,11-12,16H,3,5,7,9-10,13H2,1-2H3,(H,21,26). The van der Waals surface area contributed by atoms with Crippen LogP contribution < -0.4 is 10.2 Å². The molecule has 1 aliphatic heterocycles. The molecule has 1 aromatic heterocycles. The summed E-state index contributed by atoms with van der Waals surface area (Å²) in [6, 6.07) is 8.23. The maximum absolute atomic E-state index is 12.4. The lowest BCUT2D eigenvalue weighted by Crippen LogP contribution is -2.43. The minimum Gasteiger partial charge on any atom is -0.356 e. The Balaban J connectivity index is 1.84. The highest BCUT2D eigenvalue weighted by Crippen LogP contribution is 2.26. The molecule has 0 saturated carbocycles. The van der Waals surface area contributed by atoms with E-state index in [1.54, 1.807) is 12.1 Å². The maximum Gasteiger partial charge on any atom is 0.270 e. The molecule has 1 amide bonds. The van der Waals surface area contributed by atoms with Gasteiger partial charge >= 0.3 is 0 Å². The van der Waals surface area contributed by atoms with Gasteiger partial charge in [-0.25, -0.2) is 9.97 Å². The van der Waals surface area contributed by atoms with Crippen LogP contribution in [0.25, 0.3) is 11.4 Å². The summed E-state index contributed by atoms with van der Waals surface area (Å²) in [7, 11) is 0. The zero-order valence-corrected chi connectivity index (χ0v) is 16.2. The Morgan fingerprint density at radius 3 is 2.93 bits per heavy atom. The Labute approximate surface area is 164 Å². The molecular weight excluding hydrogens is 358 g/mol. The molecule has 1 unspecified atom stereocenters. The first kappa shape index (κ1) is 19.7. The van der Waals surface area contributed by atoms with Crippen LogP contribution in [-0.2, 0) is 4.79 Å². The van der Waals surface area contributed by atoms with Crippen molar-refractivity contribution in [3.05, 3.63) is 46.1 Å². The summed E-state index contributed by atoms with van der Waals surface area (Å²) in [6.07, 6.45) is 2.70. The smallest absolute Gasteiger partial charge is 0.270 e. The van der Waals surface area contributed by atoms with Crippen LogP contribution in [0.2, 0.25) is 0 Å². The van der Waals surface area contributed by atoms with Crippen molar-refractivity contribution >= 4 is 17.4 Å². The van der Waals surface area contributed by atoms with Crippen molar-refractivity contribution in [3.8, 4) is 11.4 Å². The molecule has 28 heavy (non-hydrogen) atoms. The fourth-order valence-corrected chi connectivity index (χ4v) is 3.39. The molecule has 1 saturated heterocycles. The molecular formula is C20H25N5O3. The van der Waals surface area contributed by atoms with Gasteiger partial charge in [-0.3, -0.25) is 14.9 Å². The quantitative estimate of drug-likeness (QED) is 0.607. The third-order valence-corrected chi connectivity index (χ3v) is 4.82. The molecule has 2 heterocycles. The predicted molar refractivity (Wildman–Crippen MR) is 107 cm³/mol. The second kappa shape index (κ2) is 8.77. The molecule has 1 aliphatic rings. The second-order valence-corrected chi connectivity index (χ2v) is 7.07. The minimum atomic E-state index is -0.426. The van der Waals surface area contributed by atoms with E-state index < -0.39 is 4.92 Å². The number of nitro groups is 1. The van der Waals surface area contributed by atoms with Gasteiger partial charge in [0.1, 0.15) is 5.82 Å². The van der Waals surface area contributed by atoms with E-state index in [-0.39, 0.29) is 17.5 Å². The topological polar surface area (TPSA) is 101 Å². The van der Waals surface area contributed by atoms with Crippen molar-refractivity contribution in [2.24, 2.45) is 5.92 Å². The average molecular weight is 383 g/mol. The van der Waals surface area contributed by atoms with Crippen LogP contribution in [0, 0.1) is 23.0 Å². The van der Waals surface area contributed by atoms with E-state index in [1.807, 2.05) is 19.9 Å². The molecule has 148 valence electrons. The van der Waals surface area contributed by atoms with Crippen LogP contribution in [0.15, 0.2) is 30.3 Å². The summed E-state index contributed by atoms with van der Waals surface area (Å²) in [5, 5.41) is 14.0. The lowest BCUT2D eigenvalue weighted by Gasteiger charge is -2.33. The van der Waals surface area contributed by atoms with Gasteiger partial charge < -0.3 is 10.2 Å². The monoisotopic (exact) mass is 383 g/mol. The van der Waals surface area contributed by atoms with Crippen molar-refractivity contribution in [1.82, 2.24) is 15.3 Å². The number of amides is 1. The third-order valence-electron chi connectivity index (χ3n) is 4.82. The number of benzene rings is 1. The fourth-order valence-electron chi connectivity index (χ4n) is 3.39. The number of anilines is 1. The number of rotatable bonds is 6. The van der Waals surface area contributed by atoms with E-state index in [0.29, 0.717) is 24.5 Å². The van der Waals surface area contributed by atoms with Crippen molar-refractivity contribution < 1.29 is 9.72 Å². The van der Waals surface area contributed by atoms with Crippen molar-refractivity contribution in [1.29, 1.82) is 0 Å². The van der Waals surface area contributed by atoms with Crippen molar-refractivity contribution in [2.45, 2.75) is 33.1 Å². The van der Waals surface area contributed by atoms with Gasteiger partial charge in [0, 0.05) is 49.1 Å². The van der Waals surface area contributed by atoms with E-state index in [9.17, 15) is 14.9 Å². The summed E-state index contributed by atoms with van der Waals surface area (Å²) in [6.45, 7) is 6.04. The fraction of sp³-hybridized carbons (Fsp3) is 0.450. The van der Waals surface area contributed by atoms with Gasteiger partial charge in [-0.2, -0.15) is 0 Å². The number of nitrogens with one attached hydrogen (secondary N) is 1. The molecule has 1 N–H and O–H groups in total. The molecule has 8 heteroatoms. The van der Waals surface area contributed by atoms with Gasteiger partial charge in [0.2, 0.25) is 5.91 Å². The van der Waals surface area contributed by atoms with Crippen LogP contribution in [0.1, 0.15) is 31.9 Å². The molecule has 1 fully saturated rings. The molecule has 2 aromatic rings. The number of hydrogen-bond donors (Lipinski definition) is 1. The summed E-state index contributed by atoms with van der Waals surface area (Å²) in [5.41, 5.74) is 1.40. The number of nitro benzene ring substituents is 1. The SMILES string of the molecule is CCCNC(=O)C1CCCN(c2cc(C)nc(-c3cccc([N+](=O)[O-])c3)n2)C1. The number of nitrogens with zero attached hydrogens (tertiary/aromatic N) is 4. The number of non-ortho nitro benzene ring substituents is 1. The summed E-state index contributed by atoms with van der Waals surface area (Å²) in [4.78, 5) is 34.2. The second-order valence-electron chi connectivity index (χ2n) is 7.07. The molecule has 3 rings (SSSR count). The Hall–Kier alpha value is -3.03. The molecule has 0 spiro atoms. The number of hydrogen-bond acceptors (Lipinski definition) is 6. The molecule has 1 atom stereocenters. The highest BCUT2D eigenvalue weighted by atomic mass is 16.6. The molecule has 0 bridgehead atoms. The van der Waals surface area contributed by atoms with Gasteiger partial charge in [-0.15, -0.1) is 0 Å². The third kappa shape index (κ3) is 4.62. The molecule has 0 radical (unpaired) electrons. The largest absolute Gasteiger partial charge is 0.356 e. The lowest BCUT2D eigenvalue weighted by atomic mass is 9.97. The lowest BCUT2D eigenvalue weighted by molar-refractivity contribution is -0.384. The first-order chi connectivity index (χ1) is 13.5. The normalized spacial score (nSPS) is 16.6. The molecule has 8 nitrogen and oxygen atoms in total. The van der Waals surface area contributed by atoms with Crippen molar-refractivity contribution in [3.63, 3.8) is 0 Å². The minimum absolute atomic E-state index is 0.00906. The van der Waals surface area contributed by atoms with E-state index in [2.05, 4.69) is 20.2 Å². The Bertz CT molecular complexity index is 871. The number of carbonyl (C=O) groups excluding carboxylic acids is 1. The Kier molecular flexibility index (Phi) is 6.18. The average Bonchev–Trinajstić information content (AvgIpc) is 2.71. The van der Waals surface area contributed by atoms with E-state index in [1.165, 1.54) is 12.1 Å². The van der Waals surface area contributed by atoms with Crippen LogP contribution in [0.5, 0.6) is 0 Å². The Morgan fingerprint density at radius 1 is 1.36 bits per heavy atom. The molecule has 0 aliphatic carbocycles. The van der Waals surface area contributed by atoms with Gasteiger partial charge in [-0.05, 0) is 26.2 Å². The van der Waals surface area contributed by atoms with E-state index in [4.69, 9.17) is 0 Å². The summed E-state index contributed by atoms with van der Waals surface area (Å²) >= 11 is 0. The summed E-state index contributed by atoms with van der Waals surface area (Å²) in [5.74, 6) is 1.24.